The predicted octanol–water partition coefficient (Wildman–Crippen LogP) is 2.01. The van der Waals surface area contributed by atoms with Crippen LogP contribution in [0.25, 0.3) is 10.9 Å². The molecule has 1 aliphatic heterocycles. The van der Waals surface area contributed by atoms with E-state index in [0.29, 0.717) is 37.0 Å². The molecule has 1 aliphatic rings. The summed E-state index contributed by atoms with van der Waals surface area (Å²) in [6.07, 6.45) is 0. The summed E-state index contributed by atoms with van der Waals surface area (Å²) in [6, 6.07) is 9.66. The van der Waals surface area contributed by atoms with Crippen LogP contribution in [-0.4, -0.2) is 47.0 Å². The van der Waals surface area contributed by atoms with Crippen LogP contribution in [0.3, 0.4) is 0 Å². The standard InChI is InChI=1S/C14H14N2O2S/c17-13(14(19)16-5-7-18-8-6-16)12-9-10-3-1-2-4-11(10)15-12/h1-4,9,15H,5-8H2. The average Bonchev–Trinajstić information content (AvgIpc) is 2.90. The van der Waals surface area contributed by atoms with Crippen molar-refractivity contribution in [3.05, 3.63) is 36.0 Å². The molecule has 2 heterocycles. The Kier molecular flexibility index (Phi) is 3.31. The van der Waals surface area contributed by atoms with Gasteiger partial charge in [0.2, 0.25) is 5.78 Å². The Balaban J connectivity index is 1.84. The third-order valence-corrected chi connectivity index (χ3v) is 3.71. The molecule has 0 saturated carbocycles. The lowest BCUT2D eigenvalue weighted by Gasteiger charge is -2.28. The molecule has 19 heavy (non-hydrogen) atoms. The maximum Gasteiger partial charge on any atom is 0.236 e. The molecule has 4 nitrogen and oxygen atoms in total. The minimum Gasteiger partial charge on any atom is -0.378 e. The van der Waals surface area contributed by atoms with E-state index in [2.05, 4.69) is 4.98 Å². The number of rotatable bonds is 2. The Morgan fingerprint density at radius 3 is 2.74 bits per heavy atom. The van der Waals surface area contributed by atoms with Crippen molar-refractivity contribution in [1.82, 2.24) is 9.88 Å². The quantitative estimate of drug-likeness (QED) is 0.672. The summed E-state index contributed by atoms with van der Waals surface area (Å²) in [5.41, 5.74) is 1.51. The second-order valence-electron chi connectivity index (χ2n) is 4.50. The number of carbonyl (C=O) groups excluding carboxylic acids is 1. The Hall–Kier alpha value is -1.72. The van der Waals surface area contributed by atoms with Gasteiger partial charge in [-0.05, 0) is 12.1 Å². The van der Waals surface area contributed by atoms with Crippen molar-refractivity contribution < 1.29 is 9.53 Å². The zero-order chi connectivity index (χ0) is 13.2. The zero-order valence-corrected chi connectivity index (χ0v) is 11.2. The van der Waals surface area contributed by atoms with E-state index in [9.17, 15) is 4.79 Å². The minimum atomic E-state index is -0.117. The van der Waals surface area contributed by atoms with Crippen LogP contribution in [0.5, 0.6) is 0 Å². The van der Waals surface area contributed by atoms with Gasteiger partial charge in [0.25, 0.3) is 0 Å². The largest absolute Gasteiger partial charge is 0.378 e. The molecule has 0 bridgehead atoms. The van der Waals surface area contributed by atoms with E-state index >= 15 is 0 Å². The number of para-hydroxylation sites is 1. The van der Waals surface area contributed by atoms with E-state index in [1.807, 2.05) is 35.2 Å². The van der Waals surface area contributed by atoms with Gasteiger partial charge >= 0.3 is 0 Å². The number of hydrogen-bond donors (Lipinski definition) is 1. The zero-order valence-electron chi connectivity index (χ0n) is 10.4. The normalized spacial score (nSPS) is 15.7. The highest BCUT2D eigenvalue weighted by Crippen LogP contribution is 2.16. The Bertz CT molecular complexity index is 596. The van der Waals surface area contributed by atoms with Crippen molar-refractivity contribution in [3.63, 3.8) is 0 Å². The van der Waals surface area contributed by atoms with Crippen LogP contribution >= 0.6 is 12.2 Å². The fourth-order valence-corrected chi connectivity index (χ4v) is 2.51. The Morgan fingerprint density at radius 1 is 1.26 bits per heavy atom. The molecule has 0 spiro atoms. The molecule has 1 aromatic heterocycles. The van der Waals surface area contributed by atoms with Gasteiger partial charge in [-0.15, -0.1) is 0 Å². The van der Waals surface area contributed by atoms with E-state index < -0.39 is 0 Å². The van der Waals surface area contributed by atoms with E-state index in [1.54, 1.807) is 0 Å². The second-order valence-corrected chi connectivity index (χ2v) is 4.89. The fourth-order valence-electron chi connectivity index (χ4n) is 2.22. The number of nitrogens with one attached hydrogen (secondary N) is 1. The second kappa shape index (κ2) is 5.11. The summed E-state index contributed by atoms with van der Waals surface area (Å²) >= 11 is 5.28. The van der Waals surface area contributed by atoms with Crippen LogP contribution in [0.4, 0.5) is 0 Å². The van der Waals surface area contributed by atoms with Gasteiger partial charge in [-0.3, -0.25) is 4.79 Å². The minimum absolute atomic E-state index is 0.117. The highest BCUT2D eigenvalue weighted by molar-refractivity contribution is 7.82. The van der Waals surface area contributed by atoms with Gasteiger partial charge < -0.3 is 14.6 Å². The van der Waals surface area contributed by atoms with Crippen molar-refractivity contribution in [2.75, 3.05) is 26.3 Å². The van der Waals surface area contributed by atoms with Crippen molar-refractivity contribution in [2.45, 2.75) is 0 Å². The highest BCUT2D eigenvalue weighted by Gasteiger charge is 2.22. The third kappa shape index (κ3) is 2.39. The molecule has 5 heteroatoms. The van der Waals surface area contributed by atoms with Crippen molar-refractivity contribution in [3.8, 4) is 0 Å². The van der Waals surface area contributed by atoms with Gasteiger partial charge in [0, 0.05) is 24.0 Å². The Labute approximate surface area is 116 Å². The number of Topliss-reactive ketones (excluding diaryl/α,β-unsaturated/α-hetero) is 1. The summed E-state index contributed by atoms with van der Waals surface area (Å²) in [5.74, 6) is -0.117. The molecule has 3 rings (SSSR count). The molecule has 0 radical (unpaired) electrons. The number of aromatic amines is 1. The lowest BCUT2D eigenvalue weighted by atomic mass is 10.2. The van der Waals surface area contributed by atoms with E-state index in [0.717, 1.165) is 10.9 Å². The number of nitrogens with zero attached hydrogens (tertiary/aromatic N) is 1. The first-order chi connectivity index (χ1) is 9.25. The first-order valence-corrected chi connectivity index (χ1v) is 6.65. The summed E-state index contributed by atoms with van der Waals surface area (Å²) in [4.78, 5) is 17.8. The summed E-state index contributed by atoms with van der Waals surface area (Å²) in [7, 11) is 0. The molecular formula is C14H14N2O2S. The topological polar surface area (TPSA) is 45.3 Å². The molecular weight excluding hydrogens is 260 g/mol. The van der Waals surface area contributed by atoms with E-state index in [-0.39, 0.29) is 5.78 Å². The molecule has 1 aromatic carbocycles. The molecule has 1 saturated heterocycles. The number of ether oxygens (including phenoxy) is 1. The average molecular weight is 274 g/mol. The lowest BCUT2D eigenvalue weighted by molar-refractivity contribution is 0.0670. The number of benzene rings is 1. The number of morpholine rings is 1. The number of hydrogen-bond acceptors (Lipinski definition) is 3. The molecule has 0 amide bonds. The third-order valence-electron chi connectivity index (χ3n) is 3.27. The van der Waals surface area contributed by atoms with E-state index in [1.165, 1.54) is 0 Å². The molecule has 0 unspecified atom stereocenters. The molecule has 0 aliphatic carbocycles. The van der Waals surface area contributed by atoms with Crippen molar-refractivity contribution >= 4 is 33.9 Å². The molecule has 1 N–H and O–H groups in total. The Morgan fingerprint density at radius 2 is 2.00 bits per heavy atom. The van der Waals surface area contributed by atoms with Gasteiger partial charge in [0.15, 0.2) is 4.99 Å². The predicted molar refractivity (Wildman–Crippen MR) is 77.6 cm³/mol. The summed E-state index contributed by atoms with van der Waals surface area (Å²) in [5, 5.41) is 1.02. The first kappa shape index (κ1) is 12.3. The van der Waals surface area contributed by atoms with Crippen LogP contribution in [-0.2, 0) is 4.74 Å². The monoisotopic (exact) mass is 274 g/mol. The van der Waals surface area contributed by atoms with Crippen molar-refractivity contribution in [1.29, 1.82) is 0 Å². The fraction of sp³-hybridized carbons (Fsp3) is 0.286. The van der Waals surface area contributed by atoms with Crippen LogP contribution in [0.2, 0.25) is 0 Å². The van der Waals surface area contributed by atoms with Gasteiger partial charge in [-0.1, -0.05) is 30.4 Å². The lowest BCUT2D eigenvalue weighted by Crippen LogP contribution is -2.43. The summed E-state index contributed by atoms with van der Waals surface area (Å²) < 4.78 is 5.26. The van der Waals surface area contributed by atoms with Crippen LogP contribution in [0.1, 0.15) is 10.5 Å². The number of H-pyrrole nitrogens is 1. The molecule has 98 valence electrons. The number of fused-ring (bicyclic) bond motifs is 1. The molecule has 0 atom stereocenters. The van der Waals surface area contributed by atoms with Crippen LogP contribution in [0, 0.1) is 0 Å². The number of carbonyl (C=O) groups is 1. The summed E-state index contributed by atoms with van der Waals surface area (Å²) in [6.45, 7) is 2.62. The number of aromatic nitrogens is 1. The molecule has 2 aromatic rings. The molecule has 1 fully saturated rings. The van der Waals surface area contributed by atoms with Gasteiger partial charge in [-0.2, -0.15) is 0 Å². The smallest absolute Gasteiger partial charge is 0.236 e. The highest BCUT2D eigenvalue weighted by atomic mass is 32.1. The van der Waals surface area contributed by atoms with E-state index in [4.69, 9.17) is 17.0 Å². The van der Waals surface area contributed by atoms with Gasteiger partial charge in [0.1, 0.15) is 0 Å². The number of thiocarbonyl (C=S) groups is 1. The SMILES string of the molecule is O=C(C(=S)N1CCOCC1)c1cc2ccccc2[nH]1. The number of ketones is 1. The maximum atomic E-state index is 12.4. The van der Waals surface area contributed by atoms with Crippen LogP contribution < -0.4 is 0 Å². The maximum absolute atomic E-state index is 12.4. The van der Waals surface area contributed by atoms with Crippen molar-refractivity contribution in [2.24, 2.45) is 0 Å². The first-order valence-electron chi connectivity index (χ1n) is 6.25. The van der Waals surface area contributed by atoms with Gasteiger partial charge in [-0.25, -0.2) is 0 Å². The van der Waals surface area contributed by atoms with Crippen LogP contribution in [0.15, 0.2) is 30.3 Å². The van der Waals surface area contributed by atoms with Gasteiger partial charge in [0.05, 0.1) is 18.9 Å².